The third-order valence-electron chi connectivity index (χ3n) is 3.25. The second kappa shape index (κ2) is 7.88. The summed E-state index contributed by atoms with van der Waals surface area (Å²) in [6.07, 6.45) is 1.73. The number of rotatable bonds is 7. The van der Waals surface area contributed by atoms with Crippen LogP contribution in [0.3, 0.4) is 0 Å². The molecule has 0 saturated heterocycles. The van der Waals surface area contributed by atoms with E-state index in [1.54, 1.807) is 30.3 Å². The van der Waals surface area contributed by atoms with Crippen molar-refractivity contribution in [1.82, 2.24) is 4.89 Å². The summed E-state index contributed by atoms with van der Waals surface area (Å²) < 4.78 is 25.5. The van der Waals surface area contributed by atoms with Gasteiger partial charge in [-0.2, -0.15) is 0 Å². The van der Waals surface area contributed by atoms with E-state index < -0.39 is 16.1 Å². The molecule has 0 unspecified atom stereocenters. The summed E-state index contributed by atoms with van der Waals surface area (Å²) >= 11 is 3.37. The second-order valence-corrected chi connectivity index (χ2v) is 7.64. The minimum atomic E-state index is -3.72. The molecule has 2 aromatic rings. The maximum Gasteiger partial charge on any atom is 0.262 e. The molecule has 0 aliphatic rings. The summed E-state index contributed by atoms with van der Waals surface area (Å²) in [5, 5.41) is 0. The van der Waals surface area contributed by atoms with Gasteiger partial charge in [-0.15, -0.1) is 6.58 Å². The zero-order valence-corrected chi connectivity index (χ0v) is 15.1. The molecule has 0 aliphatic heterocycles. The summed E-state index contributed by atoms with van der Waals surface area (Å²) in [7, 11) is -3.72. The molecule has 23 heavy (non-hydrogen) atoms. The van der Waals surface area contributed by atoms with Crippen molar-refractivity contribution in [3.05, 3.63) is 76.8 Å². The molecule has 0 fully saturated rings. The van der Waals surface area contributed by atoms with E-state index in [2.05, 4.69) is 27.4 Å². The Morgan fingerprint density at radius 1 is 1.17 bits per heavy atom. The standard InChI is InChI=1S/C17H18BrNO3S/c1-3-4-17(14-7-9-15(18)10-8-14)22-19-23(20,21)16-11-5-13(2)6-12-16/h3,5-12,17,19H,1,4H2,2H3/t17-/m0/s1. The van der Waals surface area contributed by atoms with Crippen LogP contribution in [0, 0.1) is 6.92 Å². The van der Waals surface area contributed by atoms with Gasteiger partial charge in [0.1, 0.15) is 6.10 Å². The zero-order chi connectivity index (χ0) is 16.9. The SMILES string of the molecule is C=CC[C@H](ONS(=O)(=O)c1ccc(C)cc1)c1ccc(Br)cc1. The molecule has 1 N–H and O–H groups in total. The Morgan fingerprint density at radius 2 is 1.78 bits per heavy atom. The van der Waals surface area contributed by atoms with E-state index in [1.807, 2.05) is 31.2 Å². The topological polar surface area (TPSA) is 55.4 Å². The molecule has 0 spiro atoms. The van der Waals surface area contributed by atoms with Crippen LogP contribution in [0.2, 0.25) is 0 Å². The normalized spacial score (nSPS) is 12.8. The van der Waals surface area contributed by atoms with Crippen LogP contribution in [0.25, 0.3) is 0 Å². The Morgan fingerprint density at radius 3 is 2.35 bits per heavy atom. The quantitative estimate of drug-likeness (QED) is 0.561. The van der Waals surface area contributed by atoms with Crippen LogP contribution in [0.1, 0.15) is 23.7 Å². The van der Waals surface area contributed by atoms with Crippen LogP contribution in [-0.2, 0) is 14.9 Å². The first-order valence-corrected chi connectivity index (χ1v) is 9.30. The summed E-state index contributed by atoms with van der Waals surface area (Å²) in [5.41, 5.74) is 1.85. The van der Waals surface area contributed by atoms with Gasteiger partial charge in [-0.25, -0.2) is 8.42 Å². The predicted octanol–water partition coefficient (Wildman–Crippen LogP) is 4.28. The first-order valence-electron chi connectivity index (χ1n) is 7.03. The van der Waals surface area contributed by atoms with Gasteiger partial charge in [0.05, 0.1) is 4.90 Å². The highest BCUT2D eigenvalue weighted by Gasteiger charge is 2.18. The third kappa shape index (κ3) is 5.00. The van der Waals surface area contributed by atoms with Gasteiger partial charge in [-0.1, -0.05) is 56.7 Å². The van der Waals surface area contributed by atoms with Gasteiger partial charge < -0.3 is 0 Å². The minimum absolute atomic E-state index is 0.163. The molecule has 0 radical (unpaired) electrons. The summed E-state index contributed by atoms with van der Waals surface area (Å²) in [6, 6.07) is 14.1. The molecule has 0 bridgehead atoms. The monoisotopic (exact) mass is 395 g/mol. The number of sulfonamides is 1. The lowest BCUT2D eigenvalue weighted by Gasteiger charge is -2.17. The smallest absolute Gasteiger partial charge is 0.262 e. The van der Waals surface area contributed by atoms with Crippen LogP contribution in [0.4, 0.5) is 0 Å². The molecule has 122 valence electrons. The van der Waals surface area contributed by atoms with E-state index in [9.17, 15) is 8.42 Å². The van der Waals surface area contributed by atoms with E-state index >= 15 is 0 Å². The van der Waals surface area contributed by atoms with E-state index in [1.165, 1.54) is 0 Å². The van der Waals surface area contributed by atoms with Crippen molar-refractivity contribution < 1.29 is 13.3 Å². The number of nitrogens with one attached hydrogen (secondary N) is 1. The maximum absolute atomic E-state index is 12.3. The van der Waals surface area contributed by atoms with Gasteiger partial charge >= 0.3 is 0 Å². The lowest BCUT2D eigenvalue weighted by atomic mass is 10.1. The average molecular weight is 396 g/mol. The summed E-state index contributed by atoms with van der Waals surface area (Å²) in [5.74, 6) is 0. The fraction of sp³-hybridized carbons (Fsp3) is 0.176. The Bertz CT molecular complexity index is 755. The van der Waals surface area contributed by atoms with Crippen molar-refractivity contribution in [2.24, 2.45) is 0 Å². The van der Waals surface area contributed by atoms with Crippen LogP contribution in [-0.4, -0.2) is 8.42 Å². The third-order valence-corrected chi connectivity index (χ3v) is 4.99. The van der Waals surface area contributed by atoms with E-state index in [4.69, 9.17) is 4.84 Å². The Hall–Kier alpha value is -1.47. The summed E-state index contributed by atoms with van der Waals surface area (Å²) in [6.45, 7) is 5.59. The van der Waals surface area contributed by atoms with Crippen LogP contribution < -0.4 is 4.89 Å². The largest absolute Gasteiger partial charge is 0.278 e. The molecular weight excluding hydrogens is 378 g/mol. The first-order chi connectivity index (χ1) is 10.9. The van der Waals surface area contributed by atoms with Crippen molar-refractivity contribution in [2.45, 2.75) is 24.3 Å². The van der Waals surface area contributed by atoms with Crippen molar-refractivity contribution in [2.75, 3.05) is 0 Å². The van der Waals surface area contributed by atoms with Crippen LogP contribution in [0.5, 0.6) is 0 Å². The Labute approximate surface area is 145 Å². The first kappa shape index (κ1) is 17.9. The lowest BCUT2D eigenvalue weighted by molar-refractivity contribution is 0.0181. The van der Waals surface area contributed by atoms with Gasteiger partial charge in [0.2, 0.25) is 0 Å². The van der Waals surface area contributed by atoms with Gasteiger partial charge in [-0.3, -0.25) is 4.84 Å². The van der Waals surface area contributed by atoms with Gasteiger partial charge in [0.15, 0.2) is 0 Å². The molecule has 1 atom stereocenters. The highest BCUT2D eigenvalue weighted by Crippen LogP contribution is 2.23. The summed E-state index contributed by atoms with van der Waals surface area (Å²) in [4.78, 5) is 7.80. The molecule has 0 saturated carbocycles. The van der Waals surface area contributed by atoms with Gasteiger partial charge in [0.25, 0.3) is 10.0 Å². The molecule has 2 rings (SSSR count). The van der Waals surface area contributed by atoms with Crippen LogP contribution >= 0.6 is 15.9 Å². The fourth-order valence-electron chi connectivity index (χ4n) is 1.97. The van der Waals surface area contributed by atoms with Crippen LogP contribution in [0.15, 0.2) is 70.6 Å². The maximum atomic E-state index is 12.3. The van der Waals surface area contributed by atoms with E-state index in [0.717, 1.165) is 15.6 Å². The second-order valence-electron chi connectivity index (χ2n) is 5.08. The highest BCUT2D eigenvalue weighted by atomic mass is 79.9. The lowest BCUT2D eigenvalue weighted by Crippen LogP contribution is -2.26. The molecule has 0 heterocycles. The van der Waals surface area contributed by atoms with Crippen molar-refractivity contribution >= 4 is 26.0 Å². The number of halogens is 1. The number of benzene rings is 2. The number of hydrogen-bond donors (Lipinski definition) is 1. The van der Waals surface area contributed by atoms with Gasteiger partial charge in [-0.05, 0) is 43.2 Å². The molecule has 0 amide bonds. The van der Waals surface area contributed by atoms with Crippen molar-refractivity contribution in [1.29, 1.82) is 0 Å². The molecule has 0 aromatic heterocycles. The average Bonchev–Trinajstić information content (AvgIpc) is 2.53. The van der Waals surface area contributed by atoms with Crippen molar-refractivity contribution in [3.63, 3.8) is 0 Å². The highest BCUT2D eigenvalue weighted by molar-refractivity contribution is 9.10. The zero-order valence-electron chi connectivity index (χ0n) is 12.7. The minimum Gasteiger partial charge on any atom is -0.278 e. The predicted molar refractivity (Wildman–Crippen MR) is 94.3 cm³/mol. The Balaban J connectivity index is 2.13. The molecular formula is C17H18BrNO3S. The van der Waals surface area contributed by atoms with E-state index in [-0.39, 0.29) is 4.90 Å². The molecule has 4 nitrogen and oxygen atoms in total. The molecule has 2 aromatic carbocycles. The Kier molecular flexibility index (Phi) is 6.12. The van der Waals surface area contributed by atoms with Gasteiger partial charge in [0, 0.05) is 4.47 Å². The number of hydrogen-bond acceptors (Lipinski definition) is 3. The number of aryl methyl sites for hydroxylation is 1. The molecule has 6 heteroatoms. The fourth-order valence-corrected chi connectivity index (χ4v) is 3.07. The van der Waals surface area contributed by atoms with E-state index in [0.29, 0.717) is 6.42 Å². The molecule has 0 aliphatic carbocycles. The van der Waals surface area contributed by atoms with Crippen molar-refractivity contribution in [3.8, 4) is 0 Å².